The Morgan fingerprint density at radius 1 is 1.42 bits per heavy atom. The number of rotatable bonds is 1. The van der Waals surface area contributed by atoms with Gasteiger partial charge in [-0.3, -0.25) is 0 Å². The molecule has 2 saturated heterocycles. The van der Waals surface area contributed by atoms with Crippen LogP contribution < -0.4 is 5.32 Å². The summed E-state index contributed by atoms with van der Waals surface area (Å²) in [7, 11) is 0. The Kier molecular flexibility index (Phi) is 2.10. The molecule has 70 valence electrons. The fourth-order valence-corrected chi connectivity index (χ4v) is 1.60. The van der Waals surface area contributed by atoms with Crippen molar-refractivity contribution >= 4 is 0 Å². The van der Waals surface area contributed by atoms with E-state index in [1.54, 1.807) is 0 Å². The molecule has 1 N–H and O–H groups in total. The summed E-state index contributed by atoms with van der Waals surface area (Å²) in [6.45, 7) is 7.79. The molecule has 0 aliphatic carbocycles. The molecular formula is C9H17NO2. The maximum absolute atomic E-state index is 5.79. The molecule has 1 atom stereocenters. The minimum atomic E-state index is 0.0331. The molecule has 1 unspecified atom stereocenters. The van der Waals surface area contributed by atoms with Gasteiger partial charge in [-0.2, -0.15) is 0 Å². The summed E-state index contributed by atoms with van der Waals surface area (Å²) in [5, 5.41) is 3.21. The second-order valence-corrected chi connectivity index (χ2v) is 4.19. The van der Waals surface area contributed by atoms with E-state index in [1.165, 1.54) is 0 Å². The van der Waals surface area contributed by atoms with Gasteiger partial charge in [0.25, 0.3) is 0 Å². The van der Waals surface area contributed by atoms with Gasteiger partial charge in [0.1, 0.15) is 5.60 Å². The summed E-state index contributed by atoms with van der Waals surface area (Å²) >= 11 is 0. The first-order valence-corrected chi connectivity index (χ1v) is 4.68. The number of ether oxygens (including phenoxy) is 2. The average molecular weight is 171 g/mol. The lowest BCUT2D eigenvalue weighted by Gasteiger charge is -2.47. The zero-order valence-corrected chi connectivity index (χ0v) is 7.80. The number of nitrogens with one attached hydrogen (secondary N) is 1. The van der Waals surface area contributed by atoms with Gasteiger partial charge in [0, 0.05) is 13.1 Å². The first-order chi connectivity index (χ1) is 5.72. The van der Waals surface area contributed by atoms with Crippen molar-refractivity contribution in [2.75, 3.05) is 26.3 Å². The lowest BCUT2D eigenvalue weighted by atomic mass is 9.95. The molecular weight excluding hydrogens is 154 g/mol. The predicted molar refractivity (Wildman–Crippen MR) is 46.1 cm³/mol. The van der Waals surface area contributed by atoms with Gasteiger partial charge >= 0.3 is 0 Å². The largest absolute Gasteiger partial charge is 0.372 e. The Morgan fingerprint density at radius 2 is 2.17 bits per heavy atom. The standard InChI is InChI=1S/C9H17NO2/c1-7(2)8-3-12-9(6-11-8)4-10-5-9/h7-8,10H,3-6H2,1-2H3. The van der Waals surface area contributed by atoms with Crippen LogP contribution in [0.4, 0.5) is 0 Å². The van der Waals surface area contributed by atoms with Gasteiger partial charge < -0.3 is 14.8 Å². The van der Waals surface area contributed by atoms with Crippen LogP contribution in [-0.4, -0.2) is 38.0 Å². The first-order valence-electron chi connectivity index (χ1n) is 4.68. The van der Waals surface area contributed by atoms with E-state index in [0.717, 1.165) is 26.3 Å². The molecule has 2 aliphatic rings. The van der Waals surface area contributed by atoms with Gasteiger partial charge in [0.05, 0.1) is 19.3 Å². The molecule has 2 fully saturated rings. The minimum absolute atomic E-state index is 0.0331. The van der Waals surface area contributed by atoms with Crippen molar-refractivity contribution in [2.45, 2.75) is 25.6 Å². The van der Waals surface area contributed by atoms with Gasteiger partial charge in [-0.05, 0) is 5.92 Å². The van der Waals surface area contributed by atoms with Gasteiger partial charge in [-0.25, -0.2) is 0 Å². The van der Waals surface area contributed by atoms with Crippen LogP contribution in [0.15, 0.2) is 0 Å². The van der Waals surface area contributed by atoms with Crippen molar-refractivity contribution in [3.63, 3.8) is 0 Å². The molecule has 0 amide bonds. The Hall–Kier alpha value is -0.120. The molecule has 2 rings (SSSR count). The van der Waals surface area contributed by atoms with Crippen molar-refractivity contribution in [1.82, 2.24) is 5.32 Å². The molecule has 0 saturated carbocycles. The average Bonchev–Trinajstić information content (AvgIpc) is 2.02. The van der Waals surface area contributed by atoms with Gasteiger partial charge in [0.15, 0.2) is 0 Å². The molecule has 0 bridgehead atoms. The third-order valence-electron chi connectivity index (χ3n) is 2.75. The molecule has 0 radical (unpaired) electrons. The van der Waals surface area contributed by atoms with E-state index in [1.807, 2.05) is 0 Å². The van der Waals surface area contributed by atoms with E-state index in [4.69, 9.17) is 9.47 Å². The third kappa shape index (κ3) is 1.37. The lowest BCUT2D eigenvalue weighted by molar-refractivity contribution is -0.216. The zero-order valence-electron chi connectivity index (χ0n) is 7.80. The van der Waals surface area contributed by atoms with Gasteiger partial charge in [0.2, 0.25) is 0 Å². The molecule has 1 spiro atoms. The zero-order chi connectivity index (χ0) is 8.60. The summed E-state index contributed by atoms with van der Waals surface area (Å²) in [6.07, 6.45) is 0.302. The fraction of sp³-hybridized carbons (Fsp3) is 1.00. The third-order valence-corrected chi connectivity index (χ3v) is 2.75. The van der Waals surface area contributed by atoms with E-state index in [-0.39, 0.29) is 5.60 Å². The molecule has 3 heteroatoms. The van der Waals surface area contributed by atoms with E-state index in [9.17, 15) is 0 Å². The summed E-state index contributed by atoms with van der Waals surface area (Å²) in [4.78, 5) is 0. The summed E-state index contributed by atoms with van der Waals surface area (Å²) in [5.41, 5.74) is 0.0331. The van der Waals surface area contributed by atoms with Crippen molar-refractivity contribution in [1.29, 1.82) is 0 Å². The summed E-state index contributed by atoms with van der Waals surface area (Å²) < 4.78 is 11.5. The molecule has 0 aromatic rings. The van der Waals surface area contributed by atoms with Crippen LogP contribution in [-0.2, 0) is 9.47 Å². The highest BCUT2D eigenvalue weighted by molar-refractivity contribution is 4.97. The highest BCUT2D eigenvalue weighted by Crippen LogP contribution is 2.25. The van der Waals surface area contributed by atoms with Crippen LogP contribution in [0.2, 0.25) is 0 Å². The second-order valence-electron chi connectivity index (χ2n) is 4.19. The topological polar surface area (TPSA) is 30.5 Å². The highest BCUT2D eigenvalue weighted by atomic mass is 16.6. The van der Waals surface area contributed by atoms with Crippen LogP contribution in [0.3, 0.4) is 0 Å². The molecule has 3 nitrogen and oxygen atoms in total. The van der Waals surface area contributed by atoms with E-state index >= 15 is 0 Å². The molecule has 2 heterocycles. The minimum Gasteiger partial charge on any atom is -0.372 e. The van der Waals surface area contributed by atoms with Gasteiger partial charge in [-0.15, -0.1) is 0 Å². The molecule has 0 aromatic carbocycles. The van der Waals surface area contributed by atoms with E-state index in [2.05, 4.69) is 19.2 Å². The SMILES string of the molecule is CC(C)C1COC2(CNC2)CO1. The van der Waals surface area contributed by atoms with Crippen molar-refractivity contribution in [3.05, 3.63) is 0 Å². The Labute approximate surface area is 73.4 Å². The quantitative estimate of drug-likeness (QED) is 0.619. The van der Waals surface area contributed by atoms with Crippen LogP contribution in [0.5, 0.6) is 0 Å². The second kappa shape index (κ2) is 2.98. The summed E-state index contributed by atoms with van der Waals surface area (Å²) in [6, 6.07) is 0. The maximum atomic E-state index is 5.79. The molecule has 0 aromatic heterocycles. The van der Waals surface area contributed by atoms with Crippen molar-refractivity contribution < 1.29 is 9.47 Å². The summed E-state index contributed by atoms with van der Waals surface area (Å²) in [5.74, 6) is 0.565. The Morgan fingerprint density at radius 3 is 2.50 bits per heavy atom. The maximum Gasteiger partial charge on any atom is 0.116 e. The lowest BCUT2D eigenvalue weighted by Crippen LogP contribution is -2.66. The van der Waals surface area contributed by atoms with E-state index in [0.29, 0.717) is 12.0 Å². The van der Waals surface area contributed by atoms with Crippen LogP contribution in [0.25, 0.3) is 0 Å². The van der Waals surface area contributed by atoms with Crippen LogP contribution in [0, 0.1) is 5.92 Å². The van der Waals surface area contributed by atoms with Crippen molar-refractivity contribution in [2.24, 2.45) is 5.92 Å². The number of hydrogen-bond donors (Lipinski definition) is 1. The smallest absolute Gasteiger partial charge is 0.116 e. The predicted octanol–water partition coefficient (Wildman–Crippen LogP) is 0.400. The number of hydrogen-bond acceptors (Lipinski definition) is 3. The van der Waals surface area contributed by atoms with Crippen molar-refractivity contribution in [3.8, 4) is 0 Å². The highest BCUT2D eigenvalue weighted by Gasteiger charge is 2.42. The molecule has 12 heavy (non-hydrogen) atoms. The van der Waals surface area contributed by atoms with Crippen LogP contribution >= 0.6 is 0 Å². The normalized spacial score (nSPS) is 33.8. The molecule has 2 aliphatic heterocycles. The first kappa shape index (κ1) is 8.48. The van der Waals surface area contributed by atoms with Crippen LogP contribution in [0.1, 0.15) is 13.8 Å². The fourth-order valence-electron chi connectivity index (χ4n) is 1.60. The Bertz CT molecular complexity index is 156. The monoisotopic (exact) mass is 171 g/mol. The van der Waals surface area contributed by atoms with E-state index < -0.39 is 0 Å². The Balaban J connectivity index is 1.84. The van der Waals surface area contributed by atoms with Gasteiger partial charge in [-0.1, -0.05) is 13.8 Å².